The summed E-state index contributed by atoms with van der Waals surface area (Å²) in [4.78, 5) is 16.2. The van der Waals surface area contributed by atoms with Gasteiger partial charge in [0.1, 0.15) is 17.4 Å². The molecule has 0 fully saturated rings. The third kappa shape index (κ3) is 3.47. The van der Waals surface area contributed by atoms with E-state index >= 15 is 0 Å². The van der Waals surface area contributed by atoms with Crippen LogP contribution in [0, 0.1) is 5.82 Å². The van der Waals surface area contributed by atoms with Crippen molar-refractivity contribution in [2.45, 2.75) is 6.92 Å². The lowest BCUT2D eigenvalue weighted by Gasteiger charge is -2.12. The summed E-state index contributed by atoms with van der Waals surface area (Å²) in [5, 5.41) is 5.62. The van der Waals surface area contributed by atoms with Crippen molar-refractivity contribution in [2.24, 2.45) is 0 Å². The number of carbonyl (C=O) groups excluding carboxylic acids is 1. The molecule has 5 nitrogen and oxygen atoms in total. The second-order valence-electron chi connectivity index (χ2n) is 4.23. The van der Waals surface area contributed by atoms with Crippen molar-refractivity contribution in [1.82, 2.24) is 4.98 Å². The Morgan fingerprint density at radius 3 is 2.86 bits per heavy atom. The first-order valence-corrected chi connectivity index (χ1v) is 6.49. The Hall–Kier alpha value is -2.63. The molecule has 1 aromatic carbocycles. The van der Waals surface area contributed by atoms with E-state index in [-0.39, 0.29) is 5.56 Å². The molecule has 1 heterocycles. The first-order valence-electron chi connectivity index (χ1n) is 6.49. The molecule has 110 valence electrons. The highest BCUT2D eigenvalue weighted by molar-refractivity contribution is 6.08. The fraction of sp³-hybridized carbons (Fsp3) is 0.200. The normalized spacial score (nSPS) is 10.0. The molecule has 0 bridgehead atoms. The smallest absolute Gasteiger partial charge is 0.259 e. The molecule has 1 aromatic heterocycles. The number of ether oxygens (including phenoxy) is 1. The minimum atomic E-state index is -0.568. The summed E-state index contributed by atoms with van der Waals surface area (Å²) >= 11 is 0. The first kappa shape index (κ1) is 14.8. The van der Waals surface area contributed by atoms with Crippen LogP contribution in [0.1, 0.15) is 17.3 Å². The zero-order valence-corrected chi connectivity index (χ0v) is 11.8. The fourth-order valence-corrected chi connectivity index (χ4v) is 1.86. The number of aromatic nitrogens is 1. The van der Waals surface area contributed by atoms with Crippen LogP contribution in [0.2, 0.25) is 0 Å². The maximum atomic E-state index is 13.3. The molecule has 0 saturated carbocycles. The number of hydrogen-bond donors (Lipinski definition) is 2. The average molecular weight is 289 g/mol. The van der Waals surface area contributed by atoms with Gasteiger partial charge in [-0.15, -0.1) is 0 Å². The number of nitrogens with zero attached hydrogens (tertiary/aromatic N) is 1. The maximum absolute atomic E-state index is 13.3. The van der Waals surface area contributed by atoms with Crippen molar-refractivity contribution < 1.29 is 13.9 Å². The Morgan fingerprint density at radius 1 is 1.38 bits per heavy atom. The second kappa shape index (κ2) is 6.69. The predicted molar refractivity (Wildman–Crippen MR) is 79.3 cm³/mol. The molecule has 2 aromatic rings. The summed E-state index contributed by atoms with van der Waals surface area (Å²) in [5.74, 6) is -0.157. The van der Waals surface area contributed by atoms with Crippen molar-refractivity contribution in [3.8, 4) is 5.75 Å². The van der Waals surface area contributed by atoms with E-state index in [0.29, 0.717) is 23.8 Å². The quantitative estimate of drug-likeness (QED) is 0.888. The van der Waals surface area contributed by atoms with Gasteiger partial charge in [-0.05, 0) is 25.1 Å². The number of amides is 1. The monoisotopic (exact) mass is 289 g/mol. The number of hydrogen-bond acceptors (Lipinski definition) is 4. The zero-order chi connectivity index (χ0) is 15.2. The van der Waals surface area contributed by atoms with Crippen LogP contribution in [0.5, 0.6) is 5.75 Å². The zero-order valence-electron chi connectivity index (χ0n) is 11.8. The molecule has 6 heteroatoms. The van der Waals surface area contributed by atoms with Crippen molar-refractivity contribution in [3.05, 3.63) is 47.9 Å². The lowest BCUT2D eigenvalue weighted by atomic mass is 10.2. The summed E-state index contributed by atoms with van der Waals surface area (Å²) in [6.07, 6.45) is 1.07. The van der Waals surface area contributed by atoms with Crippen LogP contribution in [-0.4, -0.2) is 24.5 Å². The number of benzene rings is 1. The number of halogens is 1. The Balaban J connectivity index is 2.29. The maximum Gasteiger partial charge on any atom is 0.259 e. The van der Waals surface area contributed by atoms with E-state index in [9.17, 15) is 9.18 Å². The molecular weight excluding hydrogens is 273 g/mol. The molecular formula is C15H16FN3O2. The van der Waals surface area contributed by atoms with Gasteiger partial charge in [0.2, 0.25) is 0 Å². The van der Waals surface area contributed by atoms with Gasteiger partial charge in [-0.1, -0.05) is 12.1 Å². The number of methoxy groups -OCH3 is 1. The number of nitrogens with one attached hydrogen (secondary N) is 2. The number of carbonyl (C=O) groups is 1. The Morgan fingerprint density at radius 2 is 2.14 bits per heavy atom. The van der Waals surface area contributed by atoms with Crippen LogP contribution < -0.4 is 15.4 Å². The molecule has 0 aliphatic heterocycles. The summed E-state index contributed by atoms with van der Waals surface area (Å²) in [5.41, 5.74) is 0.652. The highest BCUT2D eigenvalue weighted by Crippen LogP contribution is 2.24. The molecule has 2 rings (SSSR count). The number of rotatable bonds is 5. The topological polar surface area (TPSA) is 63.2 Å². The van der Waals surface area contributed by atoms with Gasteiger partial charge in [0.05, 0.1) is 24.6 Å². The van der Waals surface area contributed by atoms with E-state index in [1.54, 1.807) is 24.3 Å². The van der Waals surface area contributed by atoms with Gasteiger partial charge in [0.25, 0.3) is 5.91 Å². The molecule has 1 amide bonds. The van der Waals surface area contributed by atoms with E-state index in [2.05, 4.69) is 15.6 Å². The standard InChI is InChI=1S/C15H16FN3O2/c1-3-17-14-11(8-10(16)9-18-14)15(20)19-12-6-4-5-7-13(12)21-2/h4-9H,3H2,1-2H3,(H,17,18)(H,19,20). The summed E-state index contributed by atoms with van der Waals surface area (Å²) in [6, 6.07) is 8.15. The summed E-state index contributed by atoms with van der Waals surface area (Å²) < 4.78 is 18.5. The molecule has 2 N–H and O–H groups in total. The van der Waals surface area contributed by atoms with Gasteiger partial charge in [0.15, 0.2) is 0 Å². The minimum Gasteiger partial charge on any atom is -0.495 e. The summed E-state index contributed by atoms with van der Waals surface area (Å²) in [7, 11) is 1.51. The number of pyridine rings is 1. The highest BCUT2D eigenvalue weighted by Gasteiger charge is 2.15. The van der Waals surface area contributed by atoms with Crippen LogP contribution in [0.25, 0.3) is 0 Å². The van der Waals surface area contributed by atoms with Crippen molar-refractivity contribution >= 4 is 17.4 Å². The summed E-state index contributed by atoms with van der Waals surface area (Å²) in [6.45, 7) is 2.44. The molecule has 0 atom stereocenters. The van der Waals surface area contributed by atoms with Crippen LogP contribution in [0.15, 0.2) is 36.5 Å². The first-order chi connectivity index (χ1) is 10.2. The van der Waals surface area contributed by atoms with Gasteiger partial charge < -0.3 is 15.4 Å². The molecule has 0 radical (unpaired) electrons. The predicted octanol–water partition coefficient (Wildman–Crippen LogP) is 2.91. The van der Waals surface area contributed by atoms with Gasteiger partial charge in [0, 0.05) is 6.54 Å². The van der Waals surface area contributed by atoms with E-state index in [4.69, 9.17) is 4.74 Å². The van der Waals surface area contributed by atoms with Gasteiger partial charge in [-0.3, -0.25) is 4.79 Å². The van der Waals surface area contributed by atoms with Gasteiger partial charge in [-0.25, -0.2) is 9.37 Å². The number of para-hydroxylation sites is 2. The fourth-order valence-electron chi connectivity index (χ4n) is 1.86. The molecule has 0 aliphatic carbocycles. The lowest BCUT2D eigenvalue weighted by molar-refractivity contribution is 0.102. The highest BCUT2D eigenvalue weighted by atomic mass is 19.1. The van der Waals surface area contributed by atoms with Crippen molar-refractivity contribution in [1.29, 1.82) is 0 Å². The van der Waals surface area contributed by atoms with Crippen LogP contribution >= 0.6 is 0 Å². The van der Waals surface area contributed by atoms with Crippen molar-refractivity contribution in [2.75, 3.05) is 24.3 Å². The molecule has 21 heavy (non-hydrogen) atoms. The van der Waals surface area contributed by atoms with Crippen LogP contribution in [-0.2, 0) is 0 Å². The third-order valence-electron chi connectivity index (χ3n) is 2.80. The minimum absolute atomic E-state index is 0.141. The van der Waals surface area contributed by atoms with E-state index in [0.717, 1.165) is 12.3 Å². The molecule has 0 saturated heterocycles. The van der Waals surface area contributed by atoms with Crippen LogP contribution in [0.3, 0.4) is 0 Å². The Bertz CT molecular complexity index is 647. The van der Waals surface area contributed by atoms with Crippen LogP contribution in [0.4, 0.5) is 15.9 Å². The van der Waals surface area contributed by atoms with E-state index in [1.165, 1.54) is 7.11 Å². The Kier molecular flexibility index (Phi) is 4.71. The second-order valence-corrected chi connectivity index (χ2v) is 4.23. The van der Waals surface area contributed by atoms with E-state index < -0.39 is 11.7 Å². The van der Waals surface area contributed by atoms with Gasteiger partial charge >= 0.3 is 0 Å². The van der Waals surface area contributed by atoms with Crippen molar-refractivity contribution in [3.63, 3.8) is 0 Å². The average Bonchev–Trinajstić information content (AvgIpc) is 2.49. The third-order valence-corrected chi connectivity index (χ3v) is 2.80. The SMILES string of the molecule is CCNc1ncc(F)cc1C(=O)Nc1ccccc1OC. The molecule has 0 aliphatic rings. The Labute approximate surface area is 122 Å². The number of anilines is 2. The molecule has 0 unspecified atom stereocenters. The largest absolute Gasteiger partial charge is 0.495 e. The molecule has 0 spiro atoms. The lowest BCUT2D eigenvalue weighted by Crippen LogP contribution is -2.16. The van der Waals surface area contributed by atoms with E-state index in [1.807, 2.05) is 6.92 Å². The van der Waals surface area contributed by atoms with Gasteiger partial charge in [-0.2, -0.15) is 0 Å².